The molecule has 0 fully saturated rings. The Kier molecular flexibility index (Phi) is 5.97. The quantitative estimate of drug-likeness (QED) is 0.434. The van der Waals surface area contributed by atoms with Gasteiger partial charge in [-0.25, -0.2) is 9.67 Å². The minimum atomic E-state index is -0.281. The predicted molar refractivity (Wildman–Crippen MR) is 125 cm³/mol. The van der Waals surface area contributed by atoms with Crippen molar-refractivity contribution in [2.45, 2.75) is 19.9 Å². The Morgan fingerprint density at radius 1 is 1.03 bits per heavy atom. The van der Waals surface area contributed by atoms with Gasteiger partial charge in [0.1, 0.15) is 5.69 Å². The SMILES string of the molecule is CC(C)n1nc(-c2sc(NC(=O)c3ccc(Cl)cc3)nc2-c2ccccc2)ccc1=O. The van der Waals surface area contributed by atoms with Gasteiger partial charge in [-0.2, -0.15) is 5.10 Å². The van der Waals surface area contributed by atoms with Crippen LogP contribution in [0.5, 0.6) is 0 Å². The second-order valence-electron chi connectivity index (χ2n) is 7.12. The molecule has 0 aliphatic carbocycles. The van der Waals surface area contributed by atoms with Gasteiger partial charge in [0, 0.05) is 22.2 Å². The average Bonchev–Trinajstić information content (AvgIpc) is 3.18. The Morgan fingerprint density at radius 2 is 1.74 bits per heavy atom. The molecule has 4 aromatic rings. The summed E-state index contributed by atoms with van der Waals surface area (Å²) in [7, 11) is 0. The van der Waals surface area contributed by atoms with Crippen LogP contribution in [0.1, 0.15) is 30.2 Å². The van der Waals surface area contributed by atoms with E-state index in [-0.39, 0.29) is 17.5 Å². The molecule has 0 unspecified atom stereocenters. The Hall–Kier alpha value is -3.29. The van der Waals surface area contributed by atoms with Gasteiger partial charge in [0.25, 0.3) is 11.5 Å². The molecule has 2 aromatic carbocycles. The fourth-order valence-corrected chi connectivity index (χ4v) is 4.10. The predicted octanol–water partition coefficient (Wildman–Crippen LogP) is 5.52. The number of nitrogens with zero attached hydrogens (tertiary/aromatic N) is 3. The highest BCUT2D eigenvalue weighted by Crippen LogP contribution is 2.38. The molecule has 0 aliphatic rings. The molecule has 8 heteroatoms. The first-order valence-electron chi connectivity index (χ1n) is 9.66. The first kappa shape index (κ1) is 21.0. The lowest BCUT2D eigenvalue weighted by molar-refractivity contribution is 0.102. The zero-order valence-corrected chi connectivity index (χ0v) is 18.4. The normalized spacial score (nSPS) is 11.0. The summed E-state index contributed by atoms with van der Waals surface area (Å²) in [5.74, 6) is -0.281. The molecule has 0 saturated carbocycles. The van der Waals surface area contributed by atoms with E-state index in [1.54, 1.807) is 30.3 Å². The number of anilines is 1. The van der Waals surface area contributed by atoms with E-state index in [0.717, 1.165) is 10.4 Å². The molecular formula is C23H19ClN4O2S. The number of hydrogen-bond donors (Lipinski definition) is 1. The second-order valence-corrected chi connectivity index (χ2v) is 8.55. The van der Waals surface area contributed by atoms with E-state index in [2.05, 4.69) is 15.4 Å². The first-order chi connectivity index (χ1) is 14.9. The molecule has 0 aliphatic heterocycles. The molecule has 4 rings (SSSR count). The summed E-state index contributed by atoms with van der Waals surface area (Å²) in [5.41, 5.74) is 2.52. The van der Waals surface area contributed by atoms with E-state index in [1.807, 2.05) is 44.2 Å². The molecule has 156 valence electrons. The molecule has 0 saturated heterocycles. The maximum atomic E-state index is 12.7. The van der Waals surface area contributed by atoms with Gasteiger partial charge in [-0.05, 0) is 44.2 Å². The van der Waals surface area contributed by atoms with Crippen molar-refractivity contribution in [3.8, 4) is 21.8 Å². The van der Waals surface area contributed by atoms with E-state index in [4.69, 9.17) is 11.6 Å². The number of aromatic nitrogens is 3. The van der Waals surface area contributed by atoms with E-state index in [1.165, 1.54) is 22.1 Å². The number of carbonyl (C=O) groups excluding carboxylic acids is 1. The topological polar surface area (TPSA) is 76.9 Å². The van der Waals surface area contributed by atoms with Crippen LogP contribution in [0.25, 0.3) is 21.8 Å². The van der Waals surface area contributed by atoms with Gasteiger partial charge in [-0.15, -0.1) is 0 Å². The highest BCUT2D eigenvalue weighted by molar-refractivity contribution is 7.19. The van der Waals surface area contributed by atoms with Gasteiger partial charge in [0.15, 0.2) is 5.13 Å². The molecule has 0 spiro atoms. The van der Waals surface area contributed by atoms with Gasteiger partial charge in [0.2, 0.25) is 0 Å². The largest absolute Gasteiger partial charge is 0.298 e. The first-order valence-corrected chi connectivity index (χ1v) is 10.9. The number of carbonyl (C=O) groups is 1. The smallest absolute Gasteiger partial charge is 0.267 e. The third kappa shape index (κ3) is 4.57. The van der Waals surface area contributed by atoms with Crippen molar-refractivity contribution in [2.75, 3.05) is 5.32 Å². The molecule has 0 bridgehead atoms. The van der Waals surface area contributed by atoms with Crippen LogP contribution in [0.2, 0.25) is 5.02 Å². The number of thiazole rings is 1. The summed E-state index contributed by atoms with van der Waals surface area (Å²) in [6.07, 6.45) is 0. The summed E-state index contributed by atoms with van der Waals surface area (Å²) in [5, 5.41) is 8.40. The third-order valence-electron chi connectivity index (χ3n) is 4.55. The maximum absolute atomic E-state index is 12.7. The van der Waals surface area contributed by atoms with Crippen molar-refractivity contribution in [1.82, 2.24) is 14.8 Å². The monoisotopic (exact) mass is 450 g/mol. The van der Waals surface area contributed by atoms with Crippen molar-refractivity contribution >= 4 is 34.0 Å². The number of rotatable bonds is 5. The third-order valence-corrected chi connectivity index (χ3v) is 5.79. The highest BCUT2D eigenvalue weighted by Gasteiger charge is 2.19. The van der Waals surface area contributed by atoms with Crippen LogP contribution in [0.3, 0.4) is 0 Å². The summed E-state index contributed by atoms with van der Waals surface area (Å²) >= 11 is 7.22. The molecule has 1 amide bonds. The van der Waals surface area contributed by atoms with Crippen molar-refractivity contribution in [2.24, 2.45) is 0 Å². The van der Waals surface area contributed by atoms with Crippen molar-refractivity contribution in [3.05, 3.63) is 87.7 Å². The minimum absolute atomic E-state index is 0.0791. The Bertz CT molecular complexity index is 1280. The minimum Gasteiger partial charge on any atom is -0.298 e. The Morgan fingerprint density at radius 3 is 2.42 bits per heavy atom. The lowest BCUT2D eigenvalue weighted by Crippen LogP contribution is -2.23. The molecule has 31 heavy (non-hydrogen) atoms. The standard InChI is InChI=1S/C23H19ClN4O2S/c1-14(2)28-19(29)13-12-18(27-28)21-20(15-6-4-3-5-7-15)25-23(31-21)26-22(30)16-8-10-17(24)11-9-16/h3-14H,1-2H3,(H,25,26,30). The van der Waals surface area contributed by atoms with Gasteiger partial charge in [0.05, 0.1) is 16.6 Å². The molecular weight excluding hydrogens is 432 g/mol. The van der Waals surface area contributed by atoms with Crippen LogP contribution < -0.4 is 10.9 Å². The van der Waals surface area contributed by atoms with Crippen LogP contribution in [-0.4, -0.2) is 20.7 Å². The summed E-state index contributed by atoms with van der Waals surface area (Å²) in [6, 6.07) is 19.4. The number of halogens is 1. The summed E-state index contributed by atoms with van der Waals surface area (Å²) < 4.78 is 1.44. The fourth-order valence-electron chi connectivity index (χ4n) is 3.03. The lowest BCUT2D eigenvalue weighted by atomic mass is 10.1. The number of amides is 1. The molecule has 1 N–H and O–H groups in total. The van der Waals surface area contributed by atoms with Crippen LogP contribution in [0.15, 0.2) is 71.5 Å². The van der Waals surface area contributed by atoms with E-state index < -0.39 is 0 Å². The summed E-state index contributed by atoms with van der Waals surface area (Å²) in [4.78, 5) is 30.3. The molecule has 2 heterocycles. The highest BCUT2D eigenvalue weighted by atomic mass is 35.5. The van der Waals surface area contributed by atoms with Crippen LogP contribution in [-0.2, 0) is 0 Å². The average molecular weight is 451 g/mol. The maximum Gasteiger partial charge on any atom is 0.267 e. The van der Waals surface area contributed by atoms with E-state index in [9.17, 15) is 9.59 Å². The zero-order chi connectivity index (χ0) is 22.0. The number of nitrogens with one attached hydrogen (secondary N) is 1. The van der Waals surface area contributed by atoms with Crippen molar-refractivity contribution in [1.29, 1.82) is 0 Å². The summed E-state index contributed by atoms with van der Waals surface area (Å²) in [6.45, 7) is 3.81. The lowest BCUT2D eigenvalue weighted by Gasteiger charge is -2.09. The van der Waals surface area contributed by atoms with Gasteiger partial charge in [-0.1, -0.05) is 53.3 Å². The molecule has 0 atom stereocenters. The van der Waals surface area contributed by atoms with Crippen LogP contribution in [0.4, 0.5) is 5.13 Å². The molecule has 6 nitrogen and oxygen atoms in total. The van der Waals surface area contributed by atoms with Crippen molar-refractivity contribution in [3.63, 3.8) is 0 Å². The van der Waals surface area contributed by atoms with Gasteiger partial charge in [-0.3, -0.25) is 14.9 Å². The van der Waals surface area contributed by atoms with E-state index >= 15 is 0 Å². The van der Waals surface area contributed by atoms with Crippen molar-refractivity contribution < 1.29 is 4.79 Å². The Balaban J connectivity index is 1.77. The van der Waals surface area contributed by atoms with Gasteiger partial charge >= 0.3 is 0 Å². The fraction of sp³-hybridized carbons (Fsp3) is 0.130. The number of benzene rings is 2. The second kappa shape index (κ2) is 8.83. The molecule has 2 aromatic heterocycles. The van der Waals surface area contributed by atoms with E-state index in [0.29, 0.717) is 27.1 Å². The van der Waals surface area contributed by atoms with Gasteiger partial charge < -0.3 is 0 Å². The molecule has 0 radical (unpaired) electrons. The van der Waals surface area contributed by atoms with Crippen LogP contribution in [0, 0.1) is 0 Å². The van der Waals surface area contributed by atoms with Crippen LogP contribution >= 0.6 is 22.9 Å². The zero-order valence-electron chi connectivity index (χ0n) is 16.9. The Labute approximate surface area is 188 Å². The number of hydrogen-bond acceptors (Lipinski definition) is 5.